The van der Waals surface area contributed by atoms with Gasteiger partial charge >= 0.3 is 0 Å². The van der Waals surface area contributed by atoms with Crippen LogP contribution in [0.15, 0.2) is 24.3 Å². The molecule has 0 saturated carbocycles. The molecule has 0 aliphatic carbocycles. The Balaban J connectivity index is 2.27. The number of rotatable bonds is 7. The van der Waals surface area contributed by atoms with Gasteiger partial charge in [0.2, 0.25) is 0 Å². The van der Waals surface area contributed by atoms with Gasteiger partial charge in [0.25, 0.3) is 5.91 Å². The van der Waals surface area contributed by atoms with Crippen molar-refractivity contribution < 1.29 is 9.90 Å². The summed E-state index contributed by atoms with van der Waals surface area (Å²) in [6.45, 7) is 4.62. The zero-order valence-electron chi connectivity index (χ0n) is 13.4. The molecule has 7 heteroatoms. The molecule has 0 unspecified atom stereocenters. The van der Waals surface area contributed by atoms with Crippen molar-refractivity contribution in [2.45, 2.75) is 26.7 Å². The number of nitrogens with zero attached hydrogens (tertiary/aromatic N) is 4. The Morgan fingerprint density at radius 2 is 2.13 bits per heavy atom. The van der Waals surface area contributed by atoms with Crippen LogP contribution in [0.1, 0.15) is 35.9 Å². The van der Waals surface area contributed by atoms with Gasteiger partial charge in [0, 0.05) is 18.1 Å². The first-order chi connectivity index (χ1) is 11.1. The molecule has 0 fully saturated rings. The average molecular weight is 337 g/mol. The molecule has 0 atom stereocenters. The first-order valence-corrected chi connectivity index (χ1v) is 8.04. The highest BCUT2D eigenvalue weighted by molar-refractivity contribution is 6.30. The van der Waals surface area contributed by atoms with Crippen molar-refractivity contribution in [3.63, 3.8) is 0 Å². The number of aromatic nitrogens is 3. The van der Waals surface area contributed by atoms with Gasteiger partial charge in [-0.15, -0.1) is 5.10 Å². The predicted molar refractivity (Wildman–Crippen MR) is 89.0 cm³/mol. The summed E-state index contributed by atoms with van der Waals surface area (Å²) >= 11 is 5.98. The molecule has 23 heavy (non-hydrogen) atoms. The Morgan fingerprint density at radius 1 is 1.35 bits per heavy atom. The lowest BCUT2D eigenvalue weighted by molar-refractivity contribution is 0.0712. The number of unbranched alkanes of at least 4 members (excludes halogenated alkanes) is 1. The number of hydrogen-bond donors (Lipinski definition) is 1. The Morgan fingerprint density at radius 3 is 2.78 bits per heavy atom. The van der Waals surface area contributed by atoms with E-state index < -0.39 is 0 Å². The fraction of sp³-hybridized carbons (Fsp3) is 0.438. The lowest BCUT2D eigenvalue weighted by Crippen LogP contribution is -2.35. The second-order valence-corrected chi connectivity index (χ2v) is 5.71. The maximum absolute atomic E-state index is 12.6. The molecule has 1 N–H and O–H groups in total. The fourth-order valence-electron chi connectivity index (χ4n) is 2.23. The molecule has 0 spiro atoms. The van der Waals surface area contributed by atoms with Gasteiger partial charge in [-0.25, -0.2) is 0 Å². The summed E-state index contributed by atoms with van der Waals surface area (Å²) in [4.78, 5) is 15.7. The van der Waals surface area contributed by atoms with Gasteiger partial charge in [-0.2, -0.15) is 9.90 Å². The van der Waals surface area contributed by atoms with Crippen LogP contribution >= 0.6 is 11.6 Å². The van der Waals surface area contributed by atoms with E-state index in [2.05, 4.69) is 17.1 Å². The number of carbonyl (C=O) groups excluding carboxylic acids is 1. The van der Waals surface area contributed by atoms with Crippen LogP contribution < -0.4 is 0 Å². The van der Waals surface area contributed by atoms with Crippen LogP contribution in [0.4, 0.5) is 0 Å². The van der Waals surface area contributed by atoms with Crippen molar-refractivity contribution in [1.82, 2.24) is 19.9 Å². The topological polar surface area (TPSA) is 71.2 Å². The van der Waals surface area contributed by atoms with Gasteiger partial charge < -0.3 is 10.0 Å². The number of aryl methyl sites for hydroxylation is 1. The summed E-state index contributed by atoms with van der Waals surface area (Å²) in [6, 6.07) is 7.12. The quantitative estimate of drug-likeness (QED) is 0.843. The van der Waals surface area contributed by atoms with Crippen LogP contribution in [-0.4, -0.2) is 50.6 Å². The largest absolute Gasteiger partial charge is 0.395 e. The summed E-state index contributed by atoms with van der Waals surface area (Å²) in [6.07, 6.45) is 1.86. The molecule has 6 nitrogen and oxygen atoms in total. The normalized spacial score (nSPS) is 10.8. The second-order valence-electron chi connectivity index (χ2n) is 5.27. The van der Waals surface area contributed by atoms with Crippen molar-refractivity contribution in [1.29, 1.82) is 0 Å². The van der Waals surface area contributed by atoms with Gasteiger partial charge in [0.15, 0.2) is 5.69 Å². The summed E-state index contributed by atoms with van der Waals surface area (Å²) in [5.41, 5.74) is 1.55. The zero-order chi connectivity index (χ0) is 16.8. The van der Waals surface area contributed by atoms with Crippen molar-refractivity contribution >= 4 is 17.5 Å². The van der Waals surface area contributed by atoms with Gasteiger partial charge in [-0.3, -0.25) is 4.79 Å². The highest BCUT2D eigenvalue weighted by Gasteiger charge is 2.22. The third-order valence-electron chi connectivity index (χ3n) is 3.46. The van der Waals surface area contributed by atoms with E-state index in [1.165, 1.54) is 4.80 Å². The van der Waals surface area contributed by atoms with Crippen LogP contribution in [0.3, 0.4) is 0 Å². The minimum Gasteiger partial charge on any atom is -0.395 e. The van der Waals surface area contributed by atoms with Crippen LogP contribution in [-0.2, 0) is 0 Å². The molecule has 0 aliphatic heterocycles. The summed E-state index contributed by atoms with van der Waals surface area (Å²) in [7, 11) is 0. The molecule has 1 heterocycles. The number of aliphatic hydroxyl groups excluding tert-OH is 1. The van der Waals surface area contributed by atoms with Crippen molar-refractivity contribution in [3.8, 4) is 5.69 Å². The third kappa shape index (κ3) is 4.30. The smallest absolute Gasteiger partial charge is 0.276 e. The van der Waals surface area contributed by atoms with Crippen molar-refractivity contribution in [3.05, 3.63) is 40.7 Å². The van der Waals surface area contributed by atoms with E-state index in [1.807, 2.05) is 6.07 Å². The summed E-state index contributed by atoms with van der Waals surface area (Å²) < 4.78 is 0. The minimum absolute atomic E-state index is 0.0725. The van der Waals surface area contributed by atoms with Gasteiger partial charge in [0.05, 0.1) is 18.0 Å². The van der Waals surface area contributed by atoms with E-state index in [0.29, 0.717) is 35.2 Å². The molecule has 0 saturated heterocycles. The van der Waals surface area contributed by atoms with Crippen molar-refractivity contribution in [2.75, 3.05) is 19.7 Å². The molecule has 2 rings (SSSR count). The van der Waals surface area contributed by atoms with Gasteiger partial charge in [0.1, 0.15) is 0 Å². The number of benzene rings is 1. The first kappa shape index (κ1) is 17.4. The maximum Gasteiger partial charge on any atom is 0.276 e. The molecule has 1 amide bonds. The number of hydrogen-bond acceptors (Lipinski definition) is 4. The lowest BCUT2D eigenvalue weighted by Gasteiger charge is -2.20. The highest BCUT2D eigenvalue weighted by atomic mass is 35.5. The van der Waals surface area contributed by atoms with E-state index >= 15 is 0 Å². The third-order valence-corrected chi connectivity index (χ3v) is 3.70. The Labute approximate surface area is 140 Å². The standard InChI is InChI=1S/C16H21ClN4O2/c1-3-4-8-20(9-10-22)16(23)15-12(2)18-21(19-15)14-7-5-6-13(17)11-14/h5-7,11,22H,3-4,8-10H2,1-2H3. The predicted octanol–water partition coefficient (Wildman–Crippen LogP) is 2.46. The summed E-state index contributed by atoms with van der Waals surface area (Å²) in [5, 5.41) is 18.4. The molecule has 0 aliphatic rings. The maximum atomic E-state index is 12.6. The lowest BCUT2D eigenvalue weighted by atomic mass is 10.2. The number of amides is 1. The highest BCUT2D eigenvalue weighted by Crippen LogP contribution is 2.15. The molecular weight excluding hydrogens is 316 g/mol. The van der Waals surface area contributed by atoms with E-state index in [-0.39, 0.29) is 12.5 Å². The monoisotopic (exact) mass is 336 g/mol. The molecule has 0 radical (unpaired) electrons. The molecule has 2 aromatic rings. The van der Waals surface area contributed by atoms with Crippen LogP contribution in [0.5, 0.6) is 0 Å². The van der Waals surface area contributed by atoms with Crippen LogP contribution in [0.25, 0.3) is 5.69 Å². The molecular formula is C16H21ClN4O2. The zero-order valence-corrected chi connectivity index (χ0v) is 14.1. The second kappa shape index (κ2) is 8.08. The van der Waals surface area contributed by atoms with E-state index in [1.54, 1.807) is 30.0 Å². The molecule has 1 aromatic carbocycles. The Kier molecular flexibility index (Phi) is 6.12. The molecule has 1 aromatic heterocycles. The number of halogens is 1. The van der Waals surface area contributed by atoms with Crippen LogP contribution in [0.2, 0.25) is 5.02 Å². The van der Waals surface area contributed by atoms with E-state index in [9.17, 15) is 4.79 Å². The fourth-order valence-corrected chi connectivity index (χ4v) is 2.41. The number of carbonyl (C=O) groups is 1. The molecule has 0 bridgehead atoms. The number of aliphatic hydroxyl groups is 1. The SMILES string of the molecule is CCCCN(CCO)C(=O)c1nn(-c2cccc(Cl)c2)nc1C. The summed E-state index contributed by atoms with van der Waals surface area (Å²) in [5.74, 6) is -0.210. The average Bonchev–Trinajstić information content (AvgIpc) is 2.92. The Hall–Kier alpha value is -1.92. The van der Waals surface area contributed by atoms with Gasteiger partial charge in [-0.05, 0) is 31.5 Å². The van der Waals surface area contributed by atoms with E-state index in [4.69, 9.17) is 16.7 Å². The minimum atomic E-state index is -0.210. The first-order valence-electron chi connectivity index (χ1n) is 7.66. The van der Waals surface area contributed by atoms with Gasteiger partial charge in [-0.1, -0.05) is 31.0 Å². The van der Waals surface area contributed by atoms with E-state index in [0.717, 1.165) is 12.8 Å². The van der Waals surface area contributed by atoms with Crippen LogP contribution in [0, 0.1) is 6.92 Å². The Bertz CT molecular complexity index is 672. The van der Waals surface area contributed by atoms with Crippen molar-refractivity contribution in [2.24, 2.45) is 0 Å². The molecule has 124 valence electrons.